The number of carbonyl (C=O) groups excluding carboxylic acids is 1. The van der Waals surface area contributed by atoms with Crippen LogP contribution in [0.5, 0.6) is 5.75 Å². The normalized spacial score (nSPS) is 14.3. The molecule has 1 aliphatic heterocycles. The van der Waals surface area contributed by atoms with Crippen molar-refractivity contribution in [2.45, 2.75) is 0 Å². The van der Waals surface area contributed by atoms with E-state index in [0.29, 0.717) is 4.88 Å². The van der Waals surface area contributed by atoms with Crippen LogP contribution in [0.15, 0.2) is 60.7 Å². The number of methoxy groups -OCH3 is 1. The van der Waals surface area contributed by atoms with Crippen LogP contribution in [0, 0.1) is 0 Å². The summed E-state index contributed by atoms with van der Waals surface area (Å²) in [6.07, 6.45) is 0. The van der Waals surface area contributed by atoms with Crippen LogP contribution < -0.4 is 9.64 Å². The van der Waals surface area contributed by atoms with Crippen molar-refractivity contribution in [1.82, 2.24) is 9.27 Å². The van der Waals surface area contributed by atoms with E-state index < -0.39 is 0 Å². The number of ether oxygens (including phenoxy) is 1. The predicted molar refractivity (Wildman–Crippen MR) is 109 cm³/mol. The number of amides is 1. The molecular weight excluding hydrogens is 358 g/mol. The van der Waals surface area contributed by atoms with Crippen molar-refractivity contribution in [3.05, 3.63) is 65.5 Å². The third-order valence-electron chi connectivity index (χ3n) is 4.79. The maximum Gasteiger partial charge on any atom is 0.265 e. The van der Waals surface area contributed by atoms with Gasteiger partial charge >= 0.3 is 0 Å². The Hall–Kier alpha value is -2.86. The van der Waals surface area contributed by atoms with Gasteiger partial charge in [0, 0.05) is 37.4 Å². The lowest BCUT2D eigenvalue weighted by Gasteiger charge is -2.35. The Morgan fingerprint density at radius 2 is 1.70 bits per heavy atom. The van der Waals surface area contributed by atoms with Crippen LogP contribution in [-0.4, -0.2) is 48.5 Å². The molecule has 4 rings (SSSR count). The Kier molecular flexibility index (Phi) is 5.07. The lowest BCUT2D eigenvalue weighted by molar-refractivity contribution is 0.0751. The number of hydrogen-bond acceptors (Lipinski definition) is 5. The molecule has 0 spiro atoms. The van der Waals surface area contributed by atoms with E-state index in [-0.39, 0.29) is 5.91 Å². The Morgan fingerprint density at radius 1 is 1.00 bits per heavy atom. The van der Waals surface area contributed by atoms with Gasteiger partial charge in [-0.05, 0) is 54.0 Å². The Bertz CT molecular complexity index is 901. The SMILES string of the molecule is COc1ccc(-c2cc(C(=O)N3CCN(c4ccccc4)CC3)sn2)cc1. The molecule has 0 radical (unpaired) electrons. The van der Waals surface area contributed by atoms with Crippen molar-refractivity contribution in [2.24, 2.45) is 0 Å². The molecule has 2 heterocycles. The molecule has 0 saturated carbocycles. The molecule has 6 heteroatoms. The van der Waals surface area contributed by atoms with Gasteiger partial charge in [-0.2, -0.15) is 4.37 Å². The third kappa shape index (κ3) is 3.80. The third-order valence-corrected chi connectivity index (χ3v) is 5.57. The van der Waals surface area contributed by atoms with E-state index in [4.69, 9.17) is 4.74 Å². The van der Waals surface area contributed by atoms with Gasteiger partial charge in [0.05, 0.1) is 12.8 Å². The highest BCUT2D eigenvalue weighted by Gasteiger charge is 2.24. The first kappa shape index (κ1) is 17.5. The van der Waals surface area contributed by atoms with Gasteiger partial charge in [-0.25, -0.2) is 0 Å². The molecule has 1 amide bonds. The summed E-state index contributed by atoms with van der Waals surface area (Å²) in [4.78, 5) is 17.8. The fraction of sp³-hybridized carbons (Fsp3) is 0.238. The number of hydrogen-bond donors (Lipinski definition) is 0. The highest BCUT2D eigenvalue weighted by atomic mass is 32.1. The molecule has 5 nitrogen and oxygen atoms in total. The number of piperazine rings is 1. The largest absolute Gasteiger partial charge is 0.497 e. The van der Waals surface area contributed by atoms with Gasteiger partial charge in [-0.1, -0.05) is 18.2 Å². The van der Waals surface area contributed by atoms with Gasteiger partial charge in [-0.3, -0.25) is 4.79 Å². The summed E-state index contributed by atoms with van der Waals surface area (Å²) in [6.45, 7) is 3.15. The van der Waals surface area contributed by atoms with Crippen LogP contribution in [0.3, 0.4) is 0 Å². The first-order chi connectivity index (χ1) is 13.2. The van der Waals surface area contributed by atoms with Gasteiger partial charge in [0.25, 0.3) is 5.91 Å². The van der Waals surface area contributed by atoms with Gasteiger partial charge in [0.2, 0.25) is 0 Å². The fourth-order valence-corrected chi connectivity index (χ4v) is 3.96. The molecule has 1 aliphatic rings. The quantitative estimate of drug-likeness (QED) is 0.692. The zero-order valence-corrected chi connectivity index (χ0v) is 16.0. The smallest absolute Gasteiger partial charge is 0.265 e. The van der Waals surface area contributed by atoms with E-state index in [9.17, 15) is 4.79 Å². The highest BCUT2D eigenvalue weighted by molar-refractivity contribution is 7.08. The number of para-hydroxylation sites is 1. The van der Waals surface area contributed by atoms with Gasteiger partial charge < -0.3 is 14.5 Å². The number of nitrogens with zero attached hydrogens (tertiary/aromatic N) is 3. The van der Waals surface area contributed by atoms with Gasteiger partial charge in [0.15, 0.2) is 0 Å². The van der Waals surface area contributed by atoms with Crippen LogP contribution in [0.25, 0.3) is 11.3 Å². The zero-order valence-electron chi connectivity index (χ0n) is 15.2. The first-order valence-corrected chi connectivity index (χ1v) is 9.72. The zero-order chi connectivity index (χ0) is 18.6. The monoisotopic (exact) mass is 379 g/mol. The van der Waals surface area contributed by atoms with E-state index in [1.54, 1.807) is 7.11 Å². The fourth-order valence-electron chi connectivity index (χ4n) is 3.24. The molecule has 0 unspecified atom stereocenters. The van der Waals surface area contributed by atoms with E-state index in [1.165, 1.54) is 17.2 Å². The van der Waals surface area contributed by atoms with Crippen LogP contribution in [0.1, 0.15) is 9.67 Å². The van der Waals surface area contributed by atoms with Crippen molar-refractivity contribution in [1.29, 1.82) is 0 Å². The Labute approximate surface area is 163 Å². The maximum atomic E-state index is 12.8. The summed E-state index contributed by atoms with van der Waals surface area (Å²) in [5.74, 6) is 0.876. The average molecular weight is 379 g/mol. The molecule has 3 aromatic rings. The van der Waals surface area contributed by atoms with Crippen molar-refractivity contribution in [2.75, 3.05) is 38.2 Å². The van der Waals surface area contributed by atoms with Crippen molar-refractivity contribution in [3.63, 3.8) is 0 Å². The molecule has 1 fully saturated rings. The molecule has 138 valence electrons. The summed E-state index contributed by atoms with van der Waals surface area (Å²) >= 11 is 1.27. The van der Waals surface area contributed by atoms with Gasteiger partial charge in [0.1, 0.15) is 10.6 Å². The molecule has 0 bridgehead atoms. The average Bonchev–Trinajstić information content (AvgIpc) is 3.24. The summed E-state index contributed by atoms with van der Waals surface area (Å²) in [5.41, 5.74) is 3.03. The number of anilines is 1. The molecule has 0 atom stereocenters. The highest BCUT2D eigenvalue weighted by Crippen LogP contribution is 2.25. The maximum absolute atomic E-state index is 12.8. The summed E-state index contributed by atoms with van der Waals surface area (Å²) in [5, 5.41) is 0. The van der Waals surface area contributed by atoms with Crippen molar-refractivity contribution < 1.29 is 9.53 Å². The molecule has 0 N–H and O–H groups in total. The van der Waals surface area contributed by atoms with E-state index >= 15 is 0 Å². The first-order valence-electron chi connectivity index (χ1n) is 8.95. The van der Waals surface area contributed by atoms with Crippen LogP contribution >= 0.6 is 11.5 Å². The number of aromatic nitrogens is 1. The van der Waals surface area contributed by atoms with Crippen LogP contribution in [0.2, 0.25) is 0 Å². The predicted octanol–water partition coefficient (Wildman–Crippen LogP) is 3.78. The Balaban J connectivity index is 1.41. The molecular formula is C21H21N3O2S. The Morgan fingerprint density at radius 3 is 2.37 bits per heavy atom. The van der Waals surface area contributed by atoms with E-state index in [0.717, 1.165) is 43.2 Å². The van der Waals surface area contributed by atoms with Crippen molar-refractivity contribution in [3.8, 4) is 17.0 Å². The topological polar surface area (TPSA) is 45.7 Å². The minimum absolute atomic E-state index is 0.0694. The van der Waals surface area contributed by atoms with Gasteiger partial charge in [-0.15, -0.1) is 0 Å². The number of benzene rings is 2. The molecule has 1 aromatic heterocycles. The second kappa shape index (κ2) is 7.80. The lowest BCUT2D eigenvalue weighted by atomic mass is 10.1. The molecule has 27 heavy (non-hydrogen) atoms. The second-order valence-corrected chi connectivity index (χ2v) is 7.22. The molecule has 1 saturated heterocycles. The molecule has 2 aromatic carbocycles. The summed E-state index contributed by atoms with van der Waals surface area (Å²) < 4.78 is 9.65. The van der Waals surface area contributed by atoms with Crippen molar-refractivity contribution >= 4 is 23.1 Å². The number of rotatable bonds is 4. The second-order valence-electron chi connectivity index (χ2n) is 6.42. The minimum atomic E-state index is 0.0694. The summed E-state index contributed by atoms with van der Waals surface area (Å²) in [6, 6.07) is 19.9. The van der Waals surface area contributed by atoms with Crippen LogP contribution in [0.4, 0.5) is 5.69 Å². The van der Waals surface area contributed by atoms with E-state index in [2.05, 4.69) is 21.4 Å². The number of carbonyl (C=O) groups is 1. The standard InChI is InChI=1S/C21H21N3O2S/c1-26-18-9-7-16(8-10-18)19-15-20(27-22-19)21(25)24-13-11-23(12-14-24)17-5-3-2-4-6-17/h2-10,15H,11-14H2,1H3. The lowest BCUT2D eigenvalue weighted by Crippen LogP contribution is -2.48. The summed E-state index contributed by atoms with van der Waals surface area (Å²) in [7, 11) is 1.65. The molecule has 0 aliphatic carbocycles. The minimum Gasteiger partial charge on any atom is -0.497 e. The van der Waals surface area contributed by atoms with E-state index in [1.807, 2.05) is 53.4 Å². The van der Waals surface area contributed by atoms with Crippen LogP contribution in [-0.2, 0) is 0 Å².